The van der Waals surface area contributed by atoms with Crippen molar-refractivity contribution >= 4 is 21.4 Å². The van der Waals surface area contributed by atoms with E-state index in [2.05, 4.69) is 0 Å². The maximum absolute atomic E-state index is 13.0. The first-order valence-corrected chi connectivity index (χ1v) is 7.44. The Morgan fingerprint density at radius 2 is 1.82 bits per heavy atom. The summed E-state index contributed by atoms with van der Waals surface area (Å²) in [6, 6.07) is 3.05. The molecule has 1 saturated heterocycles. The summed E-state index contributed by atoms with van der Waals surface area (Å²) in [5.41, 5.74) is 0.297. The largest absolute Gasteiger partial charge is 0.229 e. The summed E-state index contributed by atoms with van der Waals surface area (Å²) in [6.07, 6.45) is 0.439. The first-order valence-electron chi connectivity index (χ1n) is 5.18. The highest BCUT2D eigenvalue weighted by Gasteiger charge is 2.33. The summed E-state index contributed by atoms with van der Waals surface area (Å²) >= 11 is 6.09. The quantitative estimate of drug-likeness (QED) is 0.781. The number of hydrogen-bond donors (Lipinski definition) is 0. The van der Waals surface area contributed by atoms with Crippen LogP contribution in [0.15, 0.2) is 18.2 Å². The zero-order valence-corrected chi connectivity index (χ0v) is 10.4. The number of hydrogen-bond acceptors (Lipinski definition) is 2. The lowest BCUT2D eigenvalue weighted by Crippen LogP contribution is -2.10. The minimum absolute atomic E-state index is 0.0146. The van der Waals surface area contributed by atoms with E-state index in [4.69, 9.17) is 11.6 Å². The fourth-order valence-electron chi connectivity index (χ4n) is 2.06. The molecule has 1 heterocycles. The second-order valence-electron chi connectivity index (χ2n) is 4.27. The molecule has 1 aliphatic rings. The van der Waals surface area contributed by atoms with Crippen LogP contribution >= 0.6 is 11.6 Å². The lowest BCUT2D eigenvalue weighted by atomic mass is 9.98. The van der Waals surface area contributed by atoms with E-state index in [0.29, 0.717) is 12.0 Å². The first kappa shape index (κ1) is 12.8. The minimum atomic E-state index is -3.04. The molecule has 6 heteroatoms. The van der Waals surface area contributed by atoms with E-state index < -0.39 is 26.8 Å². The molecule has 2 nitrogen and oxygen atoms in total. The van der Waals surface area contributed by atoms with Gasteiger partial charge in [0.25, 0.3) is 0 Å². The van der Waals surface area contributed by atoms with Crippen LogP contribution < -0.4 is 0 Å². The number of rotatable bonds is 2. The summed E-state index contributed by atoms with van der Waals surface area (Å²) in [6.45, 7) is 0. The molecule has 1 aliphatic heterocycles. The van der Waals surface area contributed by atoms with Gasteiger partial charge in [-0.2, -0.15) is 0 Å². The molecule has 0 spiro atoms. The van der Waals surface area contributed by atoms with Gasteiger partial charge in [0, 0.05) is 6.07 Å². The van der Waals surface area contributed by atoms with Gasteiger partial charge in [-0.3, -0.25) is 0 Å². The van der Waals surface area contributed by atoms with Crippen molar-refractivity contribution in [3.05, 3.63) is 35.4 Å². The number of alkyl halides is 1. The Labute approximate surface area is 104 Å². The van der Waals surface area contributed by atoms with Crippen LogP contribution in [-0.2, 0) is 9.84 Å². The number of benzene rings is 1. The lowest BCUT2D eigenvalue weighted by molar-refractivity contribution is 0.549. The molecule has 0 aliphatic carbocycles. The summed E-state index contributed by atoms with van der Waals surface area (Å²) in [7, 11) is -3.04. The smallest absolute Gasteiger partial charge is 0.150 e. The molecular weight excluding hydrogens is 270 g/mol. The van der Waals surface area contributed by atoms with Crippen LogP contribution in [0.1, 0.15) is 17.4 Å². The zero-order chi connectivity index (χ0) is 12.6. The summed E-state index contributed by atoms with van der Waals surface area (Å²) in [5, 5.41) is -0.669. The van der Waals surface area contributed by atoms with Crippen molar-refractivity contribution < 1.29 is 17.2 Å². The van der Waals surface area contributed by atoms with Gasteiger partial charge in [0.1, 0.15) is 11.6 Å². The summed E-state index contributed by atoms with van der Waals surface area (Å²) in [4.78, 5) is 0. The van der Waals surface area contributed by atoms with Crippen LogP contribution in [0, 0.1) is 17.6 Å². The predicted octanol–water partition coefficient (Wildman–Crippen LogP) is 2.68. The van der Waals surface area contributed by atoms with Gasteiger partial charge in [0.15, 0.2) is 9.84 Å². The monoisotopic (exact) mass is 280 g/mol. The fourth-order valence-corrected chi connectivity index (χ4v) is 4.35. The number of halogens is 3. The fraction of sp³-hybridized carbons (Fsp3) is 0.455. The SMILES string of the molecule is O=S1(=O)CCC(C(Cl)c2cc(F)cc(F)c2)C1. The highest BCUT2D eigenvalue weighted by molar-refractivity contribution is 7.91. The maximum atomic E-state index is 13.0. The second kappa shape index (κ2) is 4.53. The van der Waals surface area contributed by atoms with Gasteiger partial charge in [-0.25, -0.2) is 17.2 Å². The van der Waals surface area contributed by atoms with Gasteiger partial charge in [0.05, 0.1) is 16.9 Å². The topological polar surface area (TPSA) is 34.1 Å². The zero-order valence-electron chi connectivity index (χ0n) is 8.87. The van der Waals surface area contributed by atoms with Gasteiger partial charge >= 0.3 is 0 Å². The van der Waals surface area contributed by atoms with E-state index >= 15 is 0 Å². The van der Waals surface area contributed by atoms with Crippen molar-refractivity contribution in [1.82, 2.24) is 0 Å². The molecule has 94 valence electrons. The van der Waals surface area contributed by atoms with E-state index in [0.717, 1.165) is 18.2 Å². The molecular formula is C11H11ClF2O2S. The average Bonchev–Trinajstić information content (AvgIpc) is 2.56. The van der Waals surface area contributed by atoms with E-state index in [1.165, 1.54) is 0 Å². The van der Waals surface area contributed by atoms with Gasteiger partial charge in [-0.05, 0) is 30.0 Å². The van der Waals surface area contributed by atoms with Gasteiger partial charge < -0.3 is 0 Å². The highest BCUT2D eigenvalue weighted by atomic mass is 35.5. The van der Waals surface area contributed by atoms with E-state index in [-0.39, 0.29) is 17.4 Å². The normalized spacial score (nSPS) is 24.8. The molecule has 0 N–H and O–H groups in total. The third-order valence-electron chi connectivity index (χ3n) is 2.88. The second-order valence-corrected chi connectivity index (χ2v) is 6.97. The van der Waals surface area contributed by atoms with Gasteiger partial charge in [-0.1, -0.05) is 0 Å². The molecule has 17 heavy (non-hydrogen) atoms. The Morgan fingerprint density at radius 3 is 2.29 bits per heavy atom. The Kier molecular flexibility index (Phi) is 3.41. The highest BCUT2D eigenvalue weighted by Crippen LogP contribution is 2.36. The predicted molar refractivity (Wildman–Crippen MR) is 61.7 cm³/mol. The molecule has 0 bridgehead atoms. The molecule has 1 aromatic carbocycles. The van der Waals surface area contributed by atoms with Crippen LogP contribution in [0.5, 0.6) is 0 Å². The van der Waals surface area contributed by atoms with Crippen LogP contribution in [0.2, 0.25) is 0 Å². The Morgan fingerprint density at radius 1 is 1.24 bits per heavy atom. The number of sulfone groups is 1. The molecule has 2 unspecified atom stereocenters. The molecule has 0 saturated carbocycles. The standard InChI is InChI=1S/C11H11ClF2O2S/c12-11(7-1-2-17(15,16)6-7)8-3-9(13)5-10(14)4-8/h3-5,7,11H,1-2,6H2. The van der Waals surface area contributed by atoms with E-state index in [9.17, 15) is 17.2 Å². The molecule has 1 aromatic rings. The summed E-state index contributed by atoms with van der Waals surface area (Å²) < 4.78 is 48.6. The van der Waals surface area contributed by atoms with Crippen LogP contribution in [0.3, 0.4) is 0 Å². The molecule has 0 amide bonds. The first-order chi connectivity index (χ1) is 7.87. The molecule has 0 radical (unpaired) electrons. The van der Waals surface area contributed by atoms with Crippen molar-refractivity contribution in [2.75, 3.05) is 11.5 Å². The summed E-state index contributed by atoms with van der Waals surface area (Å²) in [5.74, 6) is -1.60. The molecule has 1 fully saturated rings. The van der Waals surface area contributed by atoms with E-state index in [1.807, 2.05) is 0 Å². The van der Waals surface area contributed by atoms with Crippen molar-refractivity contribution in [3.63, 3.8) is 0 Å². The van der Waals surface area contributed by atoms with Crippen molar-refractivity contribution in [2.45, 2.75) is 11.8 Å². The van der Waals surface area contributed by atoms with Crippen molar-refractivity contribution in [2.24, 2.45) is 5.92 Å². The average molecular weight is 281 g/mol. The van der Waals surface area contributed by atoms with Crippen molar-refractivity contribution in [1.29, 1.82) is 0 Å². The van der Waals surface area contributed by atoms with Crippen molar-refractivity contribution in [3.8, 4) is 0 Å². The minimum Gasteiger partial charge on any atom is -0.229 e. The van der Waals surface area contributed by atoms with E-state index in [1.54, 1.807) is 0 Å². The van der Waals surface area contributed by atoms with Crippen LogP contribution in [0.4, 0.5) is 8.78 Å². The van der Waals surface area contributed by atoms with Crippen LogP contribution in [-0.4, -0.2) is 19.9 Å². The van der Waals surface area contributed by atoms with Crippen LogP contribution in [0.25, 0.3) is 0 Å². The molecule has 2 rings (SSSR count). The molecule has 2 atom stereocenters. The van der Waals surface area contributed by atoms with Gasteiger partial charge in [-0.15, -0.1) is 11.6 Å². The Hall–Kier alpha value is -0.680. The maximum Gasteiger partial charge on any atom is 0.150 e. The molecule has 0 aromatic heterocycles. The third-order valence-corrected chi connectivity index (χ3v) is 5.29. The third kappa shape index (κ3) is 2.96. The Bertz CT molecular complexity index is 510. The van der Waals surface area contributed by atoms with Gasteiger partial charge in [0.2, 0.25) is 0 Å². The Balaban J connectivity index is 2.23. The lowest BCUT2D eigenvalue weighted by Gasteiger charge is -2.16.